The van der Waals surface area contributed by atoms with Crippen molar-refractivity contribution in [3.05, 3.63) is 64.2 Å². The van der Waals surface area contributed by atoms with Gasteiger partial charge in [0.2, 0.25) is 10.0 Å². The van der Waals surface area contributed by atoms with Gasteiger partial charge in [-0.1, -0.05) is 19.1 Å². The third-order valence-electron chi connectivity index (χ3n) is 3.78. The number of nitrogens with one attached hydrogen (secondary N) is 1. The summed E-state index contributed by atoms with van der Waals surface area (Å²) in [4.78, 5) is 20.9. The second-order valence-corrected chi connectivity index (χ2v) is 7.63. The molecule has 28 heavy (non-hydrogen) atoms. The van der Waals surface area contributed by atoms with Crippen LogP contribution in [0, 0.1) is 10.1 Å². The molecule has 0 saturated heterocycles. The molecular formula is C18H19N2O7S-. The number of carboxylic acid groups (broad SMARTS) is 1. The average Bonchev–Trinajstić information content (AvgIpc) is 2.66. The first-order chi connectivity index (χ1) is 13.2. The minimum Gasteiger partial charge on any atom is -0.550 e. The fourth-order valence-electron chi connectivity index (χ4n) is 2.41. The maximum atomic E-state index is 12.6. The van der Waals surface area contributed by atoms with Gasteiger partial charge in [-0.2, -0.15) is 0 Å². The minimum absolute atomic E-state index is 0.218. The molecule has 2 aromatic carbocycles. The molecule has 0 saturated carbocycles. The highest BCUT2D eigenvalue weighted by Crippen LogP contribution is 2.24. The van der Waals surface area contributed by atoms with E-state index in [2.05, 4.69) is 4.72 Å². The van der Waals surface area contributed by atoms with Crippen LogP contribution in [0.1, 0.15) is 31.4 Å². The van der Waals surface area contributed by atoms with Crippen molar-refractivity contribution < 1.29 is 28.0 Å². The van der Waals surface area contributed by atoms with E-state index in [9.17, 15) is 28.4 Å². The van der Waals surface area contributed by atoms with Gasteiger partial charge in [-0.3, -0.25) is 10.1 Å². The summed E-state index contributed by atoms with van der Waals surface area (Å²) in [7, 11) is -4.11. The quantitative estimate of drug-likeness (QED) is 0.465. The number of nitrogens with zero attached hydrogens (tertiary/aromatic N) is 1. The number of carbonyl (C=O) groups is 1. The van der Waals surface area contributed by atoms with Crippen molar-refractivity contribution in [3.8, 4) is 5.75 Å². The Labute approximate surface area is 162 Å². The third-order valence-corrected chi connectivity index (χ3v) is 5.27. The number of nitro benzene ring substituents is 1. The fourth-order valence-corrected chi connectivity index (χ4v) is 3.64. The van der Waals surface area contributed by atoms with Crippen LogP contribution in [0.15, 0.2) is 53.4 Å². The molecule has 2 rings (SSSR count). The first-order valence-corrected chi connectivity index (χ1v) is 9.90. The smallest absolute Gasteiger partial charge is 0.269 e. The lowest BCUT2D eigenvalue weighted by Gasteiger charge is -2.20. The Morgan fingerprint density at radius 1 is 1.14 bits per heavy atom. The van der Waals surface area contributed by atoms with Crippen LogP contribution in [0.25, 0.3) is 0 Å². The van der Waals surface area contributed by atoms with Gasteiger partial charge in [0.25, 0.3) is 5.69 Å². The monoisotopic (exact) mass is 407 g/mol. The van der Waals surface area contributed by atoms with E-state index in [1.165, 1.54) is 0 Å². The molecule has 10 heteroatoms. The molecule has 2 aromatic rings. The number of benzene rings is 2. The van der Waals surface area contributed by atoms with Gasteiger partial charge >= 0.3 is 0 Å². The summed E-state index contributed by atoms with van der Waals surface area (Å²) in [6.45, 7) is 2.48. The average molecular weight is 407 g/mol. The zero-order chi connectivity index (χ0) is 20.7. The Morgan fingerprint density at radius 2 is 1.75 bits per heavy atom. The molecule has 0 aliphatic rings. The number of carboxylic acids is 1. The number of non-ortho nitro benzene ring substituents is 1. The molecule has 0 aliphatic heterocycles. The number of carbonyl (C=O) groups excluding carboxylic acids is 1. The summed E-state index contributed by atoms with van der Waals surface area (Å²) in [5, 5.41) is 21.8. The summed E-state index contributed by atoms with van der Waals surface area (Å²) >= 11 is 0. The Hall–Kier alpha value is -2.98. The van der Waals surface area contributed by atoms with E-state index in [-0.39, 0.29) is 10.6 Å². The van der Waals surface area contributed by atoms with Crippen LogP contribution in [0.3, 0.4) is 0 Å². The van der Waals surface area contributed by atoms with Crippen molar-refractivity contribution in [1.29, 1.82) is 0 Å². The van der Waals surface area contributed by atoms with E-state index in [4.69, 9.17) is 4.74 Å². The van der Waals surface area contributed by atoms with Crippen LogP contribution in [-0.2, 0) is 14.8 Å². The van der Waals surface area contributed by atoms with Gasteiger partial charge in [0, 0.05) is 24.5 Å². The zero-order valence-electron chi connectivity index (χ0n) is 15.0. The maximum absolute atomic E-state index is 12.6. The number of rotatable bonds is 10. The standard InChI is InChI=1S/C18H20N2O7S/c1-2-11-27-15-7-3-13(4-8-15)17(12-18(21)22)19-28(25,26)16-9-5-14(6-10-16)20(23)24/h3-10,17,19H,2,11-12H2,1H3,(H,21,22)/p-1/t17-/m0/s1. The highest BCUT2D eigenvalue weighted by molar-refractivity contribution is 7.89. The highest BCUT2D eigenvalue weighted by Gasteiger charge is 2.22. The summed E-state index contributed by atoms with van der Waals surface area (Å²) < 4.78 is 32.9. The molecule has 1 N–H and O–H groups in total. The van der Waals surface area contributed by atoms with Crippen molar-refractivity contribution in [3.63, 3.8) is 0 Å². The summed E-state index contributed by atoms with van der Waals surface area (Å²) in [5.74, 6) is -0.848. The number of ether oxygens (including phenoxy) is 1. The van der Waals surface area contributed by atoms with E-state index < -0.39 is 33.4 Å². The highest BCUT2D eigenvalue weighted by atomic mass is 32.2. The van der Waals surface area contributed by atoms with E-state index in [1.54, 1.807) is 24.3 Å². The maximum Gasteiger partial charge on any atom is 0.269 e. The van der Waals surface area contributed by atoms with E-state index in [0.29, 0.717) is 17.9 Å². The van der Waals surface area contributed by atoms with Gasteiger partial charge in [0.15, 0.2) is 0 Å². The van der Waals surface area contributed by atoms with Crippen molar-refractivity contribution >= 4 is 21.7 Å². The fraction of sp³-hybridized carbons (Fsp3) is 0.278. The molecule has 0 fully saturated rings. The van der Waals surface area contributed by atoms with Crippen LogP contribution in [-0.4, -0.2) is 25.9 Å². The lowest BCUT2D eigenvalue weighted by molar-refractivity contribution is -0.384. The van der Waals surface area contributed by atoms with Crippen molar-refractivity contribution in [2.24, 2.45) is 0 Å². The molecule has 0 spiro atoms. The number of sulfonamides is 1. The van der Waals surface area contributed by atoms with E-state index in [1.807, 2.05) is 6.92 Å². The minimum atomic E-state index is -4.11. The van der Waals surface area contributed by atoms with Gasteiger partial charge in [-0.25, -0.2) is 13.1 Å². The second-order valence-electron chi connectivity index (χ2n) is 5.92. The summed E-state index contributed by atoms with van der Waals surface area (Å²) in [6, 6.07) is 9.57. The first-order valence-electron chi connectivity index (χ1n) is 8.42. The van der Waals surface area contributed by atoms with Crippen LogP contribution in [0.4, 0.5) is 5.69 Å². The molecule has 0 aliphatic carbocycles. The normalized spacial score (nSPS) is 12.3. The van der Waals surface area contributed by atoms with Crippen LogP contribution in [0.5, 0.6) is 5.75 Å². The molecule has 0 heterocycles. The lowest BCUT2D eigenvalue weighted by Crippen LogP contribution is -2.34. The Morgan fingerprint density at radius 3 is 2.25 bits per heavy atom. The number of hydrogen-bond acceptors (Lipinski definition) is 7. The summed E-state index contributed by atoms with van der Waals surface area (Å²) in [5.41, 5.74) is 0.159. The van der Waals surface area contributed by atoms with Crippen molar-refractivity contribution in [2.45, 2.75) is 30.7 Å². The molecule has 0 unspecified atom stereocenters. The van der Waals surface area contributed by atoms with Gasteiger partial charge in [-0.15, -0.1) is 0 Å². The molecule has 150 valence electrons. The molecule has 0 amide bonds. The SMILES string of the molecule is CCCOc1ccc([C@H](CC(=O)[O-])NS(=O)(=O)c2ccc([N+](=O)[O-])cc2)cc1. The third kappa shape index (κ3) is 5.76. The molecular weight excluding hydrogens is 388 g/mol. The second kappa shape index (κ2) is 9.29. The molecule has 0 radical (unpaired) electrons. The van der Waals surface area contributed by atoms with Gasteiger partial charge in [0.1, 0.15) is 5.75 Å². The van der Waals surface area contributed by atoms with Crippen molar-refractivity contribution in [2.75, 3.05) is 6.61 Å². The largest absolute Gasteiger partial charge is 0.550 e. The summed E-state index contributed by atoms with van der Waals surface area (Å²) in [6.07, 6.45) is 0.242. The Bertz CT molecular complexity index is 925. The van der Waals surface area contributed by atoms with Gasteiger partial charge in [-0.05, 0) is 36.2 Å². The number of nitro groups is 1. The molecule has 0 bridgehead atoms. The number of hydrogen-bond donors (Lipinski definition) is 1. The molecule has 9 nitrogen and oxygen atoms in total. The van der Waals surface area contributed by atoms with E-state index >= 15 is 0 Å². The van der Waals surface area contributed by atoms with Gasteiger partial charge < -0.3 is 14.6 Å². The van der Waals surface area contributed by atoms with Crippen LogP contribution < -0.4 is 14.6 Å². The Balaban J connectivity index is 2.25. The predicted molar refractivity (Wildman–Crippen MR) is 98.0 cm³/mol. The topological polar surface area (TPSA) is 139 Å². The van der Waals surface area contributed by atoms with Crippen LogP contribution in [0.2, 0.25) is 0 Å². The zero-order valence-corrected chi connectivity index (χ0v) is 15.8. The Kier molecular flexibility index (Phi) is 7.07. The first kappa shape index (κ1) is 21.3. The van der Waals surface area contributed by atoms with Crippen LogP contribution >= 0.6 is 0 Å². The lowest BCUT2D eigenvalue weighted by atomic mass is 10.0. The van der Waals surface area contributed by atoms with E-state index in [0.717, 1.165) is 30.7 Å². The van der Waals surface area contributed by atoms with Gasteiger partial charge in [0.05, 0.1) is 22.5 Å². The molecule has 1 atom stereocenters. The number of aliphatic carboxylic acids is 1. The predicted octanol–water partition coefficient (Wildman–Crippen LogP) is 1.54. The molecule has 0 aromatic heterocycles. The van der Waals surface area contributed by atoms with Crippen molar-refractivity contribution in [1.82, 2.24) is 4.72 Å².